The van der Waals surface area contributed by atoms with Gasteiger partial charge in [0.2, 0.25) is 0 Å². The smallest absolute Gasteiger partial charge is 0.326 e. The first-order valence-electron chi connectivity index (χ1n) is 6.01. The Morgan fingerprint density at radius 1 is 1.37 bits per heavy atom. The molecule has 2 rings (SSSR count). The second-order valence-electron chi connectivity index (χ2n) is 4.48. The lowest BCUT2D eigenvalue weighted by Gasteiger charge is -2.14. The van der Waals surface area contributed by atoms with Crippen LogP contribution in [0.25, 0.3) is 0 Å². The van der Waals surface area contributed by atoms with Gasteiger partial charge in [0.05, 0.1) is 0 Å². The molecule has 0 heterocycles. The molecule has 1 atom stereocenters. The lowest BCUT2D eigenvalue weighted by atomic mass is 10.2. The topological polar surface area (TPSA) is 95.9 Å². The highest BCUT2D eigenvalue weighted by Gasteiger charge is 2.37. The van der Waals surface area contributed by atoms with Gasteiger partial charge in [-0.05, 0) is 30.9 Å². The van der Waals surface area contributed by atoms with Crippen LogP contribution in [0.1, 0.15) is 12.8 Å². The molecule has 1 amide bonds. The highest BCUT2D eigenvalue weighted by molar-refractivity contribution is 5.84. The van der Waals surface area contributed by atoms with Crippen molar-refractivity contribution in [1.82, 2.24) is 5.32 Å². The van der Waals surface area contributed by atoms with Crippen molar-refractivity contribution in [2.45, 2.75) is 18.9 Å². The van der Waals surface area contributed by atoms with Crippen molar-refractivity contribution in [1.29, 1.82) is 0 Å². The van der Waals surface area contributed by atoms with E-state index in [4.69, 9.17) is 9.84 Å². The molecule has 1 aromatic rings. The van der Waals surface area contributed by atoms with Crippen molar-refractivity contribution in [2.24, 2.45) is 5.92 Å². The van der Waals surface area contributed by atoms with Crippen molar-refractivity contribution in [2.75, 3.05) is 6.61 Å². The minimum Gasteiger partial charge on any atom is -0.504 e. The molecular formula is C13H15NO5. The standard InChI is InChI=1S/C13H15NO5/c15-9-3-1-2-4-10(9)19-7-11(16)14-12(13(17)18)8-5-6-8/h1-4,8,12,15H,5-7H2,(H,14,16)(H,17,18). The van der Waals surface area contributed by atoms with Gasteiger partial charge < -0.3 is 20.3 Å². The molecule has 6 heteroatoms. The minimum absolute atomic E-state index is 0.0200. The zero-order valence-electron chi connectivity index (χ0n) is 10.2. The lowest BCUT2D eigenvalue weighted by Crippen LogP contribution is -2.44. The summed E-state index contributed by atoms with van der Waals surface area (Å²) in [5.41, 5.74) is 0. The molecule has 0 radical (unpaired) electrons. The molecule has 0 saturated heterocycles. The number of rotatable bonds is 6. The van der Waals surface area contributed by atoms with Gasteiger partial charge in [-0.3, -0.25) is 4.79 Å². The Morgan fingerprint density at radius 3 is 2.63 bits per heavy atom. The van der Waals surface area contributed by atoms with Gasteiger partial charge in [-0.1, -0.05) is 12.1 Å². The summed E-state index contributed by atoms with van der Waals surface area (Å²) in [7, 11) is 0. The van der Waals surface area contributed by atoms with E-state index in [-0.39, 0.29) is 24.0 Å². The second kappa shape index (κ2) is 5.60. The lowest BCUT2D eigenvalue weighted by molar-refractivity contribution is -0.142. The van der Waals surface area contributed by atoms with Crippen LogP contribution in [-0.2, 0) is 9.59 Å². The Bertz CT molecular complexity index is 484. The van der Waals surface area contributed by atoms with E-state index in [1.54, 1.807) is 12.1 Å². The number of carbonyl (C=O) groups excluding carboxylic acids is 1. The molecule has 3 N–H and O–H groups in total. The number of phenols is 1. The summed E-state index contributed by atoms with van der Waals surface area (Å²) in [4.78, 5) is 22.5. The first-order valence-corrected chi connectivity index (χ1v) is 6.01. The van der Waals surface area contributed by atoms with Crippen LogP contribution in [0.4, 0.5) is 0 Å². The highest BCUT2D eigenvalue weighted by atomic mass is 16.5. The monoisotopic (exact) mass is 265 g/mol. The summed E-state index contributed by atoms with van der Waals surface area (Å²) < 4.78 is 5.12. The van der Waals surface area contributed by atoms with Crippen molar-refractivity contribution < 1.29 is 24.5 Å². The average Bonchev–Trinajstić information content (AvgIpc) is 3.19. The minimum atomic E-state index is -1.03. The maximum Gasteiger partial charge on any atom is 0.326 e. The number of carbonyl (C=O) groups is 2. The Labute approximate surface area is 110 Å². The van der Waals surface area contributed by atoms with E-state index in [1.165, 1.54) is 12.1 Å². The first-order chi connectivity index (χ1) is 9.08. The van der Waals surface area contributed by atoms with E-state index in [2.05, 4.69) is 5.32 Å². The molecule has 1 fully saturated rings. The maximum atomic E-state index is 11.6. The van der Waals surface area contributed by atoms with Gasteiger partial charge in [0.1, 0.15) is 6.04 Å². The number of carboxylic acids is 1. The fraction of sp³-hybridized carbons (Fsp3) is 0.385. The second-order valence-corrected chi connectivity index (χ2v) is 4.48. The fourth-order valence-electron chi connectivity index (χ4n) is 1.75. The quantitative estimate of drug-likeness (QED) is 0.705. The van der Waals surface area contributed by atoms with E-state index in [0.717, 1.165) is 12.8 Å². The van der Waals surface area contributed by atoms with Crippen LogP contribution in [0.3, 0.4) is 0 Å². The summed E-state index contributed by atoms with van der Waals surface area (Å²) in [6.07, 6.45) is 1.63. The molecule has 1 aromatic carbocycles. The third kappa shape index (κ3) is 3.61. The van der Waals surface area contributed by atoms with Crippen molar-refractivity contribution in [3.05, 3.63) is 24.3 Å². The van der Waals surface area contributed by atoms with Gasteiger partial charge in [-0.2, -0.15) is 0 Å². The van der Waals surface area contributed by atoms with Crippen LogP contribution in [-0.4, -0.2) is 34.7 Å². The third-order valence-corrected chi connectivity index (χ3v) is 2.90. The van der Waals surface area contributed by atoms with E-state index < -0.39 is 17.9 Å². The molecule has 1 saturated carbocycles. The Hall–Kier alpha value is -2.24. The zero-order chi connectivity index (χ0) is 13.8. The molecule has 0 aromatic heterocycles. The predicted octanol–water partition coefficient (Wildman–Crippen LogP) is 0.750. The Kier molecular flexibility index (Phi) is 3.89. The van der Waals surface area contributed by atoms with Gasteiger partial charge in [-0.25, -0.2) is 4.79 Å². The number of amides is 1. The predicted molar refractivity (Wildman–Crippen MR) is 65.9 cm³/mol. The SMILES string of the molecule is O=C(COc1ccccc1O)NC(C(=O)O)C1CC1. The summed E-state index contributed by atoms with van der Waals surface area (Å²) in [5, 5.41) is 20.8. The Balaban J connectivity index is 1.84. The van der Waals surface area contributed by atoms with E-state index >= 15 is 0 Å². The number of benzene rings is 1. The third-order valence-electron chi connectivity index (χ3n) is 2.90. The zero-order valence-corrected chi connectivity index (χ0v) is 10.2. The molecule has 102 valence electrons. The molecular weight excluding hydrogens is 250 g/mol. The molecule has 1 aliphatic carbocycles. The molecule has 0 aliphatic heterocycles. The largest absolute Gasteiger partial charge is 0.504 e. The van der Waals surface area contributed by atoms with E-state index in [1.807, 2.05) is 0 Å². The average molecular weight is 265 g/mol. The summed E-state index contributed by atoms with van der Waals surface area (Å²) >= 11 is 0. The van der Waals surface area contributed by atoms with E-state index in [0.29, 0.717) is 0 Å². The summed E-state index contributed by atoms with van der Waals surface area (Å²) in [5.74, 6) is -1.39. The van der Waals surface area contributed by atoms with Crippen molar-refractivity contribution in [3.63, 3.8) is 0 Å². The summed E-state index contributed by atoms with van der Waals surface area (Å²) in [6.45, 7) is -0.325. The van der Waals surface area contributed by atoms with Crippen LogP contribution in [0.15, 0.2) is 24.3 Å². The first kappa shape index (κ1) is 13.2. The number of aromatic hydroxyl groups is 1. The van der Waals surface area contributed by atoms with Gasteiger partial charge in [0.25, 0.3) is 5.91 Å². The number of hydrogen-bond donors (Lipinski definition) is 3. The van der Waals surface area contributed by atoms with Crippen molar-refractivity contribution in [3.8, 4) is 11.5 Å². The van der Waals surface area contributed by atoms with Crippen LogP contribution < -0.4 is 10.1 Å². The number of aliphatic carboxylic acids is 1. The van der Waals surface area contributed by atoms with Crippen LogP contribution in [0.5, 0.6) is 11.5 Å². The number of hydrogen-bond acceptors (Lipinski definition) is 4. The number of para-hydroxylation sites is 2. The number of phenolic OH excluding ortho intramolecular Hbond substituents is 1. The van der Waals surface area contributed by atoms with Crippen LogP contribution in [0, 0.1) is 5.92 Å². The highest BCUT2D eigenvalue weighted by Crippen LogP contribution is 2.32. The van der Waals surface area contributed by atoms with Gasteiger partial charge >= 0.3 is 5.97 Å². The molecule has 1 aliphatic rings. The van der Waals surface area contributed by atoms with Crippen LogP contribution >= 0.6 is 0 Å². The van der Waals surface area contributed by atoms with E-state index in [9.17, 15) is 14.7 Å². The number of nitrogens with one attached hydrogen (secondary N) is 1. The van der Waals surface area contributed by atoms with Crippen molar-refractivity contribution >= 4 is 11.9 Å². The van der Waals surface area contributed by atoms with Gasteiger partial charge in [-0.15, -0.1) is 0 Å². The fourth-order valence-corrected chi connectivity index (χ4v) is 1.75. The number of carboxylic acid groups (broad SMARTS) is 1. The van der Waals surface area contributed by atoms with Crippen LogP contribution in [0.2, 0.25) is 0 Å². The molecule has 1 unspecified atom stereocenters. The maximum absolute atomic E-state index is 11.6. The van der Waals surface area contributed by atoms with Gasteiger partial charge in [0.15, 0.2) is 18.1 Å². The number of ether oxygens (including phenoxy) is 1. The van der Waals surface area contributed by atoms with Gasteiger partial charge in [0, 0.05) is 0 Å². The molecule has 0 spiro atoms. The normalized spacial score (nSPS) is 15.6. The Morgan fingerprint density at radius 2 is 2.05 bits per heavy atom. The molecule has 6 nitrogen and oxygen atoms in total. The summed E-state index contributed by atoms with van der Waals surface area (Å²) in [6, 6.07) is 5.42. The molecule has 0 bridgehead atoms. The molecule has 19 heavy (non-hydrogen) atoms.